The topological polar surface area (TPSA) is 98.6 Å². The highest BCUT2D eigenvalue weighted by Gasteiger charge is 2.35. The summed E-state index contributed by atoms with van der Waals surface area (Å²) in [4.78, 5) is 14.2. The number of ether oxygens (including phenoxy) is 1. The second kappa shape index (κ2) is 8.97. The fourth-order valence-corrected chi connectivity index (χ4v) is 4.85. The van der Waals surface area contributed by atoms with Gasteiger partial charge in [-0.3, -0.25) is 4.79 Å². The van der Waals surface area contributed by atoms with E-state index in [0.29, 0.717) is 17.3 Å². The number of hydrogen-bond acceptors (Lipinski definition) is 9. The molecule has 0 aliphatic carbocycles. The molecule has 1 aromatic carbocycles. The quantitative estimate of drug-likeness (QED) is 0.382. The van der Waals surface area contributed by atoms with E-state index in [0.717, 1.165) is 22.0 Å². The van der Waals surface area contributed by atoms with Gasteiger partial charge < -0.3 is 9.15 Å². The summed E-state index contributed by atoms with van der Waals surface area (Å²) in [5.74, 6) is 1.44. The predicted octanol–water partition coefficient (Wildman–Crippen LogP) is 3.80. The van der Waals surface area contributed by atoms with Crippen molar-refractivity contribution in [2.45, 2.75) is 17.6 Å². The number of furan rings is 1. The van der Waals surface area contributed by atoms with Crippen molar-refractivity contribution in [3.63, 3.8) is 0 Å². The van der Waals surface area contributed by atoms with Gasteiger partial charge in [0, 0.05) is 6.42 Å². The normalized spacial score (nSPS) is 15.7. The molecule has 1 amide bonds. The summed E-state index contributed by atoms with van der Waals surface area (Å²) in [6.07, 6.45) is 2.22. The van der Waals surface area contributed by atoms with Gasteiger partial charge >= 0.3 is 0 Å². The van der Waals surface area contributed by atoms with Crippen molar-refractivity contribution in [3.05, 3.63) is 70.8 Å². The Labute approximate surface area is 191 Å². The van der Waals surface area contributed by atoms with E-state index in [9.17, 15) is 4.79 Å². The smallest absolute Gasteiger partial charge is 0.253 e. The highest BCUT2D eigenvalue weighted by atomic mass is 32.2. The standard InChI is InChI=1S/C21H18N6O3S2/c1-29-15-8-6-14(7-9-15)26-21(22-24-25-26)32-13-20(28)27-17(18-4-2-10-30-18)12-16(23-27)19-5-3-11-31-19/h2-11,17H,12-13H2,1H3. The monoisotopic (exact) mass is 466 g/mol. The summed E-state index contributed by atoms with van der Waals surface area (Å²) in [6.45, 7) is 0. The van der Waals surface area contributed by atoms with Crippen LogP contribution in [0, 0.1) is 0 Å². The van der Waals surface area contributed by atoms with Crippen LogP contribution in [0.1, 0.15) is 23.1 Å². The number of aromatic nitrogens is 4. The zero-order valence-corrected chi connectivity index (χ0v) is 18.6. The van der Waals surface area contributed by atoms with E-state index in [2.05, 4.69) is 20.6 Å². The van der Waals surface area contributed by atoms with Gasteiger partial charge in [0.05, 0.1) is 35.4 Å². The van der Waals surface area contributed by atoms with Crippen LogP contribution in [0.5, 0.6) is 5.75 Å². The summed E-state index contributed by atoms with van der Waals surface area (Å²) in [5, 5.41) is 20.5. The number of hydrazone groups is 1. The molecule has 32 heavy (non-hydrogen) atoms. The van der Waals surface area contributed by atoms with Crippen molar-refractivity contribution in [2.75, 3.05) is 12.9 Å². The van der Waals surface area contributed by atoms with Crippen molar-refractivity contribution < 1.29 is 13.9 Å². The number of thioether (sulfide) groups is 1. The largest absolute Gasteiger partial charge is 0.497 e. The molecule has 1 aliphatic rings. The number of hydrogen-bond donors (Lipinski definition) is 0. The first-order valence-electron chi connectivity index (χ1n) is 9.75. The second-order valence-electron chi connectivity index (χ2n) is 6.86. The van der Waals surface area contributed by atoms with Gasteiger partial charge in [-0.05, 0) is 58.3 Å². The molecule has 3 aromatic heterocycles. The molecule has 0 fully saturated rings. The molecule has 1 aliphatic heterocycles. The number of carbonyl (C=O) groups is 1. The number of rotatable bonds is 7. The summed E-state index contributed by atoms with van der Waals surface area (Å²) < 4.78 is 12.4. The van der Waals surface area contributed by atoms with E-state index in [1.807, 2.05) is 53.9 Å². The number of nitrogens with zero attached hydrogens (tertiary/aromatic N) is 6. The zero-order valence-electron chi connectivity index (χ0n) is 17.0. The first-order chi connectivity index (χ1) is 15.7. The van der Waals surface area contributed by atoms with E-state index in [1.165, 1.54) is 16.8 Å². The summed E-state index contributed by atoms with van der Waals surface area (Å²) >= 11 is 2.86. The first-order valence-corrected chi connectivity index (χ1v) is 11.6. The Balaban J connectivity index is 1.33. The Hall–Kier alpha value is -3.44. The molecule has 5 rings (SSSR count). The minimum Gasteiger partial charge on any atom is -0.497 e. The summed E-state index contributed by atoms with van der Waals surface area (Å²) in [5.41, 5.74) is 1.65. The molecule has 0 saturated heterocycles. The fraction of sp³-hybridized carbons (Fsp3) is 0.190. The Bertz CT molecular complexity index is 1220. The van der Waals surface area contributed by atoms with E-state index in [-0.39, 0.29) is 17.7 Å². The van der Waals surface area contributed by atoms with E-state index in [4.69, 9.17) is 9.15 Å². The van der Waals surface area contributed by atoms with Crippen LogP contribution in [0.3, 0.4) is 0 Å². The fourth-order valence-electron chi connectivity index (χ4n) is 3.38. The molecule has 0 radical (unpaired) electrons. The molecule has 11 heteroatoms. The number of carbonyl (C=O) groups excluding carboxylic acids is 1. The highest BCUT2D eigenvalue weighted by Crippen LogP contribution is 2.34. The van der Waals surface area contributed by atoms with Crippen LogP contribution in [0.4, 0.5) is 0 Å². The van der Waals surface area contributed by atoms with Crippen molar-refractivity contribution in [3.8, 4) is 11.4 Å². The maximum Gasteiger partial charge on any atom is 0.253 e. The lowest BCUT2D eigenvalue weighted by Gasteiger charge is -2.19. The molecular formula is C21H18N6O3S2. The van der Waals surface area contributed by atoms with Gasteiger partial charge in [0.25, 0.3) is 5.91 Å². The van der Waals surface area contributed by atoms with Gasteiger partial charge in [0.2, 0.25) is 5.16 Å². The lowest BCUT2D eigenvalue weighted by molar-refractivity contribution is -0.130. The molecule has 4 aromatic rings. The highest BCUT2D eigenvalue weighted by molar-refractivity contribution is 7.99. The van der Waals surface area contributed by atoms with E-state index >= 15 is 0 Å². The molecule has 0 bridgehead atoms. The molecule has 0 saturated carbocycles. The van der Waals surface area contributed by atoms with E-state index < -0.39 is 0 Å². The molecular weight excluding hydrogens is 448 g/mol. The van der Waals surface area contributed by atoms with Crippen molar-refractivity contribution in [1.29, 1.82) is 0 Å². The third-order valence-corrected chi connectivity index (χ3v) is 6.75. The van der Waals surface area contributed by atoms with Crippen LogP contribution in [0.25, 0.3) is 5.69 Å². The number of thiophene rings is 1. The number of benzene rings is 1. The van der Waals surface area contributed by atoms with Crippen LogP contribution in [-0.2, 0) is 4.79 Å². The van der Waals surface area contributed by atoms with Crippen molar-refractivity contribution in [2.24, 2.45) is 5.10 Å². The number of tetrazole rings is 1. The van der Waals surface area contributed by atoms with Crippen LogP contribution in [-0.4, -0.2) is 49.7 Å². The van der Waals surface area contributed by atoms with Gasteiger partial charge in [-0.2, -0.15) is 9.78 Å². The van der Waals surface area contributed by atoms with Gasteiger partial charge in [-0.1, -0.05) is 17.8 Å². The Kier molecular flexibility index (Phi) is 5.73. The molecule has 0 N–H and O–H groups in total. The van der Waals surface area contributed by atoms with Gasteiger partial charge in [-0.15, -0.1) is 16.4 Å². The SMILES string of the molecule is COc1ccc(-n2nnnc2SCC(=O)N2N=C(c3cccs3)CC2c2ccco2)cc1. The van der Waals surface area contributed by atoms with Gasteiger partial charge in [0.1, 0.15) is 17.6 Å². The van der Waals surface area contributed by atoms with Crippen molar-refractivity contribution in [1.82, 2.24) is 25.2 Å². The lowest BCUT2D eigenvalue weighted by Crippen LogP contribution is -2.28. The first kappa shape index (κ1) is 20.5. The van der Waals surface area contributed by atoms with Crippen LogP contribution in [0.15, 0.2) is 74.8 Å². The molecule has 162 valence electrons. The molecule has 1 unspecified atom stereocenters. The summed E-state index contributed by atoms with van der Waals surface area (Å²) in [6, 6.07) is 14.8. The van der Waals surface area contributed by atoms with Gasteiger partial charge in [-0.25, -0.2) is 5.01 Å². The second-order valence-corrected chi connectivity index (χ2v) is 8.75. The molecule has 4 heterocycles. The van der Waals surface area contributed by atoms with E-state index in [1.54, 1.807) is 29.4 Å². The van der Waals surface area contributed by atoms with Gasteiger partial charge in [0.15, 0.2) is 0 Å². The Morgan fingerprint density at radius 1 is 1.25 bits per heavy atom. The third-order valence-electron chi connectivity index (χ3n) is 4.93. The maximum absolute atomic E-state index is 13.2. The average molecular weight is 467 g/mol. The molecule has 1 atom stereocenters. The zero-order chi connectivity index (χ0) is 21.9. The molecule has 0 spiro atoms. The molecule has 9 nitrogen and oxygen atoms in total. The number of amides is 1. The minimum atomic E-state index is -0.271. The Morgan fingerprint density at radius 3 is 2.84 bits per heavy atom. The summed E-state index contributed by atoms with van der Waals surface area (Å²) in [7, 11) is 1.61. The van der Waals surface area contributed by atoms with Crippen molar-refractivity contribution >= 4 is 34.7 Å². The average Bonchev–Trinajstić information content (AvgIpc) is 3.63. The lowest BCUT2D eigenvalue weighted by atomic mass is 10.1. The van der Waals surface area contributed by atoms with Crippen LogP contribution in [0.2, 0.25) is 0 Å². The minimum absolute atomic E-state index is 0.134. The number of methoxy groups -OCH3 is 1. The van der Waals surface area contributed by atoms with Crippen LogP contribution < -0.4 is 4.74 Å². The maximum atomic E-state index is 13.2. The Morgan fingerprint density at radius 2 is 2.12 bits per heavy atom. The van der Waals surface area contributed by atoms with Crippen LogP contribution >= 0.6 is 23.1 Å². The third kappa shape index (κ3) is 4.04. The predicted molar refractivity (Wildman–Crippen MR) is 120 cm³/mol.